The monoisotopic (exact) mass is 801 g/mol. The fourth-order valence-electron chi connectivity index (χ4n) is 9.28. The summed E-state index contributed by atoms with van der Waals surface area (Å²) >= 11 is 0. The van der Waals surface area contributed by atoms with E-state index in [2.05, 4.69) is 266 Å². The second kappa shape index (κ2) is 16.7. The number of nitrogens with zero attached hydrogens (tertiary/aromatic N) is 1. The first-order valence-corrected chi connectivity index (χ1v) is 21.7. The molecule has 0 fully saturated rings. The van der Waals surface area contributed by atoms with Gasteiger partial charge in [0.25, 0.3) is 0 Å². The van der Waals surface area contributed by atoms with Crippen LogP contribution in [0.1, 0.15) is 0 Å². The summed E-state index contributed by atoms with van der Waals surface area (Å²) in [5.41, 5.74) is 17.4. The van der Waals surface area contributed by atoms with Gasteiger partial charge >= 0.3 is 0 Å². The quantitative estimate of drug-likeness (QED) is 0.131. The van der Waals surface area contributed by atoms with Crippen LogP contribution in [0.15, 0.2) is 261 Å². The molecule has 0 heterocycles. The van der Waals surface area contributed by atoms with Crippen molar-refractivity contribution in [3.05, 3.63) is 261 Å². The Bertz CT molecular complexity index is 3310. The SMILES string of the molecule is c1ccc(-c2cc(-c3ccccc3)cc(N(c3ccc(-c4cc5ccccc5c5ccccc45)cc3)c3ccccc3-c3ccccc3-c3ccccc3-c3ccccc3)c2)cc1. The average Bonchev–Trinajstić information content (AvgIpc) is 3.37. The van der Waals surface area contributed by atoms with E-state index >= 15 is 0 Å². The summed E-state index contributed by atoms with van der Waals surface area (Å²) < 4.78 is 0. The van der Waals surface area contributed by atoms with Gasteiger partial charge in [-0.15, -0.1) is 0 Å². The standard InChI is InChI=1S/C62H43N/c1-4-20-44(21-5-1)49-40-50(45-22-6-2-7-23-45)42-52(41-49)63(51-38-36-47(37-39-51)61-43-48-26-10-11-28-54(48)56-30-14-17-33-59(56)61)62-35-19-18-34-60(62)58-32-16-15-31-57(58)55-29-13-12-27-53(55)46-24-8-3-9-25-46/h1-43H. The number of para-hydroxylation sites is 1. The van der Waals surface area contributed by atoms with E-state index in [0.29, 0.717) is 0 Å². The molecule has 63 heavy (non-hydrogen) atoms. The van der Waals surface area contributed by atoms with Crippen LogP contribution in [0.4, 0.5) is 17.1 Å². The zero-order valence-electron chi connectivity index (χ0n) is 34.8. The molecule has 0 bridgehead atoms. The fourth-order valence-corrected chi connectivity index (χ4v) is 9.28. The molecule has 0 aromatic heterocycles. The molecule has 296 valence electrons. The molecule has 0 unspecified atom stereocenters. The third-order valence-electron chi connectivity index (χ3n) is 12.3. The topological polar surface area (TPSA) is 3.24 Å². The van der Waals surface area contributed by atoms with E-state index in [1.54, 1.807) is 0 Å². The Labute approximate surface area is 369 Å². The maximum atomic E-state index is 2.45. The molecule has 11 aromatic carbocycles. The number of hydrogen-bond acceptors (Lipinski definition) is 1. The average molecular weight is 802 g/mol. The molecule has 0 atom stereocenters. The molecule has 0 spiro atoms. The van der Waals surface area contributed by atoms with Crippen LogP contribution < -0.4 is 4.90 Å². The van der Waals surface area contributed by atoms with Crippen molar-refractivity contribution in [2.24, 2.45) is 0 Å². The van der Waals surface area contributed by atoms with Crippen molar-refractivity contribution in [1.29, 1.82) is 0 Å². The number of anilines is 3. The number of rotatable bonds is 9. The van der Waals surface area contributed by atoms with Gasteiger partial charge in [0, 0.05) is 16.9 Å². The summed E-state index contributed by atoms with van der Waals surface area (Å²) in [7, 11) is 0. The highest BCUT2D eigenvalue weighted by Crippen LogP contribution is 2.47. The third kappa shape index (κ3) is 7.26. The van der Waals surface area contributed by atoms with E-state index in [1.165, 1.54) is 71.6 Å². The first kappa shape index (κ1) is 37.7. The van der Waals surface area contributed by atoms with Crippen molar-refractivity contribution >= 4 is 38.6 Å². The lowest BCUT2D eigenvalue weighted by Gasteiger charge is -2.30. The van der Waals surface area contributed by atoms with Crippen molar-refractivity contribution in [3.63, 3.8) is 0 Å². The van der Waals surface area contributed by atoms with Gasteiger partial charge < -0.3 is 4.90 Å². The minimum Gasteiger partial charge on any atom is -0.310 e. The van der Waals surface area contributed by atoms with Crippen LogP contribution in [0, 0.1) is 0 Å². The highest BCUT2D eigenvalue weighted by atomic mass is 15.1. The van der Waals surface area contributed by atoms with E-state index in [-0.39, 0.29) is 0 Å². The summed E-state index contributed by atoms with van der Waals surface area (Å²) in [5, 5.41) is 5.03. The van der Waals surface area contributed by atoms with Crippen LogP contribution in [-0.2, 0) is 0 Å². The van der Waals surface area contributed by atoms with Crippen LogP contribution >= 0.6 is 0 Å². The van der Waals surface area contributed by atoms with Crippen molar-refractivity contribution in [1.82, 2.24) is 0 Å². The van der Waals surface area contributed by atoms with Crippen molar-refractivity contribution < 1.29 is 0 Å². The Morgan fingerprint density at radius 1 is 0.206 bits per heavy atom. The molecule has 0 aliphatic heterocycles. The summed E-state index contributed by atoms with van der Waals surface area (Å²) in [6.45, 7) is 0. The Morgan fingerprint density at radius 3 is 1.25 bits per heavy atom. The van der Waals surface area contributed by atoms with Crippen molar-refractivity contribution in [3.8, 4) is 66.8 Å². The zero-order valence-corrected chi connectivity index (χ0v) is 34.8. The third-order valence-corrected chi connectivity index (χ3v) is 12.3. The van der Waals surface area contributed by atoms with Gasteiger partial charge in [0.05, 0.1) is 5.69 Å². The van der Waals surface area contributed by atoms with Gasteiger partial charge in [0.1, 0.15) is 0 Å². The maximum absolute atomic E-state index is 2.45. The number of fused-ring (bicyclic) bond motifs is 3. The largest absolute Gasteiger partial charge is 0.310 e. The van der Waals surface area contributed by atoms with Crippen molar-refractivity contribution in [2.45, 2.75) is 0 Å². The summed E-state index contributed by atoms with van der Waals surface area (Å²) in [6, 6.07) is 94.8. The molecule has 1 nitrogen and oxygen atoms in total. The molecule has 0 amide bonds. The van der Waals surface area contributed by atoms with E-state index in [9.17, 15) is 0 Å². The molecule has 1 heteroatoms. The van der Waals surface area contributed by atoms with Gasteiger partial charge in [-0.3, -0.25) is 0 Å². The van der Waals surface area contributed by atoms with Crippen LogP contribution in [0.25, 0.3) is 88.3 Å². The predicted molar refractivity (Wildman–Crippen MR) is 269 cm³/mol. The van der Waals surface area contributed by atoms with Gasteiger partial charge in [-0.2, -0.15) is 0 Å². The molecular weight excluding hydrogens is 759 g/mol. The highest BCUT2D eigenvalue weighted by Gasteiger charge is 2.22. The van der Waals surface area contributed by atoms with Crippen LogP contribution in [0.2, 0.25) is 0 Å². The second-order valence-corrected chi connectivity index (χ2v) is 16.0. The Kier molecular flexibility index (Phi) is 9.97. The Hall–Kier alpha value is -8.26. The van der Waals surface area contributed by atoms with Gasteiger partial charge in [-0.05, 0) is 125 Å². The molecule has 11 rings (SSSR count). The Morgan fingerprint density at radius 2 is 0.635 bits per heavy atom. The maximum Gasteiger partial charge on any atom is 0.0540 e. The van der Waals surface area contributed by atoms with Gasteiger partial charge in [0.15, 0.2) is 0 Å². The Balaban J connectivity index is 1.13. The summed E-state index contributed by atoms with van der Waals surface area (Å²) in [4.78, 5) is 2.45. The van der Waals surface area contributed by atoms with Crippen molar-refractivity contribution in [2.75, 3.05) is 4.90 Å². The highest BCUT2D eigenvalue weighted by molar-refractivity contribution is 6.14. The van der Waals surface area contributed by atoms with Crippen LogP contribution in [-0.4, -0.2) is 0 Å². The van der Waals surface area contributed by atoms with E-state index < -0.39 is 0 Å². The molecule has 0 saturated heterocycles. The summed E-state index contributed by atoms with van der Waals surface area (Å²) in [6.07, 6.45) is 0. The normalized spacial score (nSPS) is 11.2. The van der Waals surface area contributed by atoms with Crippen LogP contribution in [0.5, 0.6) is 0 Å². The first-order valence-electron chi connectivity index (χ1n) is 21.7. The molecule has 11 aromatic rings. The molecule has 0 radical (unpaired) electrons. The lowest BCUT2D eigenvalue weighted by Crippen LogP contribution is -2.12. The molecule has 0 N–H and O–H groups in total. The van der Waals surface area contributed by atoms with Gasteiger partial charge in [-0.25, -0.2) is 0 Å². The number of benzene rings is 11. The van der Waals surface area contributed by atoms with E-state index in [0.717, 1.165) is 33.8 Å². The second-order valence-electron chi connectivity index (χ2n) is 16.0. The minimum atomic E-state index is 1.07. The zero-order chi connectivity index (χ0) is 42.0. The lowest BCUT2D eigenvalue weighted by atomic mass is 9.88. The molecular formula is C62H43N. The summed E-state index contributed by atoms with van der Waals surface area (Å²) in [5.74, 6) is 0. The van der Waals surface area contributed by atoms with Crippen LogP contribution in [0.3, 0.4) is 0 Å². The molecule has 0 saturated carbocycles. The van der Waals surface area contributed by atoms with Gasteiger partial charge in [0.2, 0.25) is 0 Å². The fraction of sp³-hybridized carbons (Fsp3) is 0. The molecule has 0 aliphatic carbocycles. The smallest absolute Gasteiger partial charge is 0.0540 e. The minimum absolute atomic E-state index is 1.07. The molecule has 0 aliphatic rings. The first-order chi connectivity index (χ1) is 31.3. The lowest BCUT2D eigenvalue weighted by molar-refractivity contribution is 1.28. The number of hydrogen-bond donors (Lipinski definition) is 0. The van der Waals surface area contributed by atoms with E-state index in [1.807, 2.05) is 0 Å². The predicted octanol–water partition coefficient (Wildman–Crippen LogP) is 17.5. The van der Waals surface area contributed by atoms with E-state index in [4.69, 9.17) is 0 Å². The van der Waals surface area contributed by atoms with Gasteiger partial charge in [-0.1, -0.05) is 218 Å².